The molecular weight excluding hydrogens is 253 g/mol. The van der Waals surface area contributed by atoms with Gasteiger partial charge in [0.2, 0.25) is 0 Å². The summed E-state index contributed by atoms with van der Waals surface area (Å²) in [5.74, 6) is -0.161. The Morgan fingerprint density at radius 1 is 1.22 bits per heavy atom. The molecule has 2 aromatic rings. The highest BCUT2D eigenvalue weighted by atomic mass is 35.5. The zero-order chi connectivity index (χ0) is 13.1. The summed E-state index contributed by atoms with van der Waals surface area (Å²) in [5.41, 5.74) is 6.94. The monoisotopic (exact) mass is 265 g/mol. The molecule has 0 saturated carbocycles. The molecule has 1 unspecified atom stereocenters. The number of nitrogens with two attached hydrogens (primary N) is 1. The van der Waals surface area contributed by atoms with Crippen LogP contribution in [0.1, 0.15) is 18.6 Å². The van der Waals surface area contributed by atoms with Crippen molar-refractivity contribution < 1.29 is 9.13 Å². The van der Waals surface area contributed by atoms with E-state index in [1.807, 2.05) is 37.3 Å². The number of rotatable bonds is 3. The lowest BCUT2D eigenvalue weighted by atomic mass is 10.1. The van der Waals surface area contributed by atoms with Crippen LogP contribution >= 0.6 is 11.6 Å². The molecule has 2 aromatic carbocycles. The summed E-state index contributed by atoms with van der Waals surface area (Å²) in [5, 5.41) is -0.000498. The number of hydrogen-bond acceptors (Lipinski definition) is 2. The highest BCUT2D eigenvalue weighted by Gasteiger charge is 2.12. The van der Waals surface area contributed by atoms with E-state index in [4.69, 9.17) is 22.1 Å². The minimum atomic E-state index is -0.547. The van der Waals surface area contributed by atoms with E-state index in [1.54, 1.807) is 0 Å². The van der Waals surface area contributed by atoms with Crippen LogP contribution in [-0.2, 0) is 0 Å². The van der Waals surface area contributed by atoms with Crippen LogP contribution in [-0.4, -0.2) is 0 Å². The van der Waals surface area contributed by atoms with Gasteiger partial charge < -0.3 is 10.5 Å². The van der Waals surface area contributed by atoms with E-state index in [0.717, 1.165) is 11.6 Å². The van der Waals surface area contributed by atoms with Gasteiger partial charge in [-0.05, 0) is 12.5 Å². The summed E-state index contributed by atoms with van der Waals surface area (Å²) >= 11 is 5.70. The van der Waals surface area contributed by atoms with Gasteiger partial charge >= 0.3 is 0 Å². The SMILES string of the molecule is CC(Oc1cc(Cl)c(F)cc1N)c1ccccc1. The zero-order valence-electron chi connectivity index (χ0n) is 9.86. The van der Waals surface area contributed by atoms with Crippen molar-refractivity contribution in [1.82, 2.24) is 0 Å². The Balaban J connectivity index is 2.22. The quantitative estimate of drug-likeness (QED) is 0.844. The molecule has 0 saturated heterocycles. The molecule has 4 heteroatoms. The average Bonchev–Trinajstić information content (AvgIpc) is 2.37. The summed E-state index contributed by atoms with van der Waals surface area (Å²) in [6.07, 6.45) is -0.185. The van der Waals surface area contributed by atoms with Crippen molar-refractivity contribution in [3.63, 3.8) is 0 Å². The second-order valence-electron chi connectivity index (χ2n) is 3.97. The zero-order valence-corrected chi connectivity index (χ0v) is 10.6. The maximum Gasteiger partial charge on any atom is 0.144 e. The van der Waals surface area contributed by atoms with E-state index in [1.165, 1.54) is 6.07 Å². The van der Waals surface area contributed by atoms with Gasteiger partial charge in [-0.1, -0.05) is 41.9 Å². The third-order valence-electron chi connectivity index (χ3n) is 2.63. The Kier molecular flexibility index (Phi) is 3.72. The fourth-order valence-electron chi connectivity index (χ4n) is 1.63. The first-order chi connectivity index (χ1) is 8.58. The molecule has 0 aliphatic rings. The topological polar surface area (TPSA) is 35.2 Å². The van der Waals surface area contributed by atoms with Gasteiger partial charge in [0.1, 0.15) is 17.7 Å². The van der Waals surface area contributed by atoms with Crippen LogP contribution in [0, 0.1) is 5.82 Å². The summed E-state index contributed by atoms with van der Waals surface area (Å²) in [4.78, 5) is 0. The normalized spacial score (nSPS) is 12.2. The Labute approximate surface area is 110 Å². The van der Waals surface area contributed by atoms with Crippen LogP contribution in [0.25, 0.3) is 0 Å². The van der Waals surface area contributed by atoms with Crippen molar-refractivity contribution in [1.29, 1.82) is 0 Å². The van der Waals surface area contributed by atoms with Gasteiger partial charge in [-0.15, -0.1) is 0 Å². The molecule has 94 valence electrons. The highest BCUT2D eigenvalue weighted by molar-refractivity contribution is 6.31. The Morgan fingerprint density at radius 3 is 2.56 bits per heavy atom. The standard InChI is InChI=1S/C14H13ClFNO/c1-9(10-5-3-2-4-6-10)18-14-7-11(15)12(16)8-13(14)17/h2-9H,17H2,1H3. The summed E-state index contributed by atoms with van der Waals surface area (Å²) < 4.78 is 18.8. The van der Waals surface area contributed by atoms with Gasteiger partial charge in [0, 0.05) is 12.1 Å². The van der Waals surface area contributed by atoms with Gasteiger partial charge in [-0.25, -0.2) is 4.39 Å². The van der Waals surface area contributed by atoms with Gasteiger partial charge in [-0.2, -0.15) is 0 Å². The van der Waals surface area contributed by atoms with E-state index >= 15 is 0 Å². The molecule has 2 rings (SSSR count). The lowest BCUT2D eigenvalue weighted by molar-refractivity contribution is 0.228. The maximum atomic E-state index is 13.2. The van der Waals surface area contributed by atoms with E-state index in [0.29, 0.717) is 5.75 Å². The Morgan fingerprint density at radius 2 is 1.89 bits per heavy atom. The number of benzene rings is 2. The molecule has 2 N–H and O–H groups in total. The molecule has 1 atom stereocenters. The van der Waals surface area contributed by atoms with Crippen LogP contribution in [0.4, 0.5) is 10.1 Å². The molecule has 0 fully saturated rings. The van der Waals surface area contributed by atoms with E-state index in [2.05, 4.69) is 0 Å². The molecule has 0 spiro atoms. The molecule has 0 aliphatic heterocycles. The molecule has 0 aliphatic carbocycles. The van der Waals surface area contributed by atoms with Crippen LogP contribution in [0.3, 0.4) is 0 Å². The van der Waals surface area contributed by atoms with E-state index in [9.17, 15) is 4.39 Å². The lowest BCUT2D eigenvalue weighted by Crippen LogP contribution is -2.05. The molecule has 0 amide bonds. The van der Waals surface area contributed by atoms with E-state index in [-0.39, 0.29) is 16.8 Å². The first-order valence-electron chi connectivity index (χ1n) is 5.54. The number of hydrogen-bond donors (Lipinski definition) is 1. The van der Waals surface area contributed by atoms with Gasteiger partial charge in [0.05, 0.1) is 10.7 Å². The molecule has 2 nitrogen and oxygen atoms in total. The van der Waals surface area contributed by atoms with Gasteiger partial charge in [0.25, 0.3) is 0 Å². The van der Waals surface area contributed by atoms with Crippen molar-refractivity contribution in [2.75, 3.05) is 5.73 Å². The predicted octanol–water partition coefficient (Wildman–Crippen LogP) is 4.20. The van der Waals surface area contributed by atoms with Crippen LogP contribution < -0.4 is 10.5 Å². The van der Waals surface area contributed by atoms with Gasteiger partial charge in [0.15, 0.2) is 0 Å². The maximum absolute atomic E-state index is 13.2. The van der Waals surface area contributed by atoms with Gasteiger partial charge in [-0.3, -0.25) is 0 Å². The second-order valence-corrected chi connectivity index (χ2v) is 4.38. The van der Waals surface area contributed by atoms with Crippen LogP contribution in [0.5, 0.6) is 5.75 Å². The summed E-state index contributed by atoms with van der Waals surface area (Å²) in [7, 11) is 0. The fourth-order valence-corrected chi connectivity index (χ4v) is 1.78. The minimum absolute atomic E-state index is 0.000498. The second kappa shape index (κ2) is 5.27. The van der Waals surface area contributed by atoms with Crippen molar-refractivity contribution >= 4 is 17.3 Å². The van der Waals surface area contributed by atoms with Crippen LogP contribution in [0.2, 0.25) is 5.02 Å². The van der Waals surface area contributed by atoms with Crippen molar-refractivity contribution in [3.8, 4) is 5.75 Å². The molecule has 0 radical (unpaired) electrons. The summed E-state index contributed by atoms with van der Waals surface area (Å²) in [6, 6.07) is 12.2. The predicted molar refractivity (Wildman–Crippen MR) is 71.3 cm³/mol. The Bertz CT molecular complexity index is 545. The third-order valence-corrected chi connectivity index (χ3v) is 2.92. The number of halogens is 2. The van der Waals surface area contributed by atoms with Crippen LogP contribution in [0.15, 0.2) is 42.5 Å². The molecule has 0 aromatic heterocycles. The van der Waals surface area contributed by atoms with E-state index < -0.39 is 5.82 Å². The fraction of sp³-hybridized carbons (Fsp3) is 0.143. The van der Waals surface area contributed by atoms with Crippen molar-refractivity contribution in [2.45, 2.75) is 13.0 Å². The number of nitrogen functional groups attached to an aromatic ring is 1. The summed E-state index contributed by atoms with van der Waals surface area (Å²) in [6.45, 7) is 1.89. The largest absolute Gasteiger partial charge is 0.484 e. The lowest BCUT2D eigenvalue weighted by Gasteiger charge is -2.16. The minimum Gasteiger partial charge on any atom is -0.484 e. The molecule has 18 heavy (non-hydrogen) atoms. The molecule has 0 heterocycles. The highest BCUT2D eigenvalue weighted by Crippen LogP contribution is 2.31. The first kappa shape index (κ1) is 12.7. The average molecular weight is 266 g/mol. The number of ether oxygens (including phenoxy) is 1. The first-order valence-corrected chi connectivity index (χ1v) is 5.92. The van der Waals surface area contributed by atoms with Crippen molar-refractivity contribution in [3.05, 3.63) is 58.9 Å². The van der Waals surface area contributed by atoms with Crippen molar-refractivity contribution in [2.24, 2.45) is 0 Å². The number of anilines is 1. The third kappa shape index (κ3) is 2.74. The molecular formula is C14H13ClFNO. The smallest absolute Gasteiger partial charge is 0.144 e. The Hall–Kier alpha value is -1.74. The molecule has 0 bridgehead atoms.